The molecule has 0 bridgehead atoms. The molecule has 0 radical (unpaired) electrons. The van der Waals surface area contributed by atoms with Crippen molar-refractivity contribution in [3.05, 3.63) is 71.0 Å². The third-order valence-corrected chi connectivity index (χ3v) is 3.37. The number of hydrogen-bond donors (Lipinski definition) is 0. The molecule has 2 rings (SSSR count). The zero-order valence-corrected chi connectivity index (χ0v) is 12.0. The zero-order valence-electron chi connectivity index (χ0n) is 11.2. The molecule has 0 atom stereocenters. The van der Waals surface area contributed by atoms with Gasteiger partial charge in [-0.05, 0) is 24.1 Å². The van der Waals surface area contributed by atoms with Gasteiger partial charge in [0.25, 0.3) is 0 Å². The lowest BCUT2D eigenvalue weighted by Crippen LogP contribution is -2.09. The average molecular weight is 286 g/mol. The van der Waals surface area contributed by atoms with E-state index >= 15 is 0 Å². The molecule has 0 aliphatic carbocycles. The molecule has 0 heterocycles. The molecule has 0 amide bonds. The predicted molar refractivity (Wildman–Crippen MR) is 82.8 cm³/mol. The molecule has 0 aliphatic rings. The van der Waals surface area contributed by atoms with E-state index in [0.29, 0.717) is 22.4 Å². The Bertz CT molecular complexity index is 635. The summed E-state index contributed by atoms with van der Waals surface area (Å²) < 4.78 is 13.2. The number of rotatable bonds is 5. The van der Waals surface area contributed by atoms with Crippen LogP contribution in [0.15, 0.2) is 48.5 Å². The third kappa shape index (κ3) is 3.81. The van der Waals surface area contributed by atoms with Crippen molar-refractivity contribution in [2.75, 3.05) is 0 Å². The molecule has 0 unspecified atom stereocenters. The van der Waals surface area contributed by atoms with Crippen LogP contribution in [-0.2, 0) is 6.42 Å². The maximum atomic E-state index is 13.2. The zero-order chi connectivity index (χ0) is 14.5. The highest BCUT2D eigenvalue weighted by Gasteiger charge is 2.09. The number of carbonyl (C=O) groups is 1. The molecule has 2 aromatic carbocycles. The SMILES string of the molecule is Cc1cc(CC(=S)CC(=O)c2ccccc2)ccc1F. The van der Waals surface area contributed by atoms with Crippen molar-refractivity contribution < 1.29 is 9.18 Å². The number of thiocarbonyl (C=S) groups is 1. The molecule has 102 valence electrons. The smallest absolute Gasteiger partial charge is 0.167 e. The van der Waals surface area contributed by atoms with Crippen molar-refractivity contribution in [3.63, 3.8) is 0 Å². The van der Waals surface area contributed by atoms with Crippen LogP contribution in [0.25, 0.3) is 0 Å². The second kappa shape index (κ2) is 6.53. The standard InChI is InChI=1S/C17H15FOS/c1-12-9-13(7-8-16(12)18)10-15(20)11-17(19)14-5-3-2-4-6-14/h2-9H,10-11H2,1H3. The average Bonchev–Trinajstić information content (AvgIpc) is 2.44. The Morgan fingerprint density at radius 1 is 1.15 bits per heavy atom. The minimum Gasteiger partial charge on any atom is -0.294 e. The quantitative estimate of drug-likeness (QED) is 0.601. The van der Waals surface area contributed by atoms with Gasteiger partial charge in [-0.15, -0.1) is 0 Å². The van der Waals surface area contributed by atoms with Crippen LogP contribution in [0.4, 0.5) is 4.39 Å². The van der Waals surface area contributed by atoms with Gasteiger partial charge in [-0.1, -0.05) is 54.7 Å². The van der Waals surface area contributed by atoms with Gasteiger partial charge >= 0.3 is 0 Å². The highest BCUT2D eigenvalue weighted by molar-refractivity contribution is 7.80. The largest absolute Gasteiger partial charge is 0.294 e. The number of hydrogen-bond acceptors (Lipinski definition) is 2. The van der Waals surface area contributed by atoms with E-state index in [1.807, 2.05) is 18.2 Å². The van der Waals surface area contributed by atoms with Crippen LogP contribution >= 0.6 is 12.2 Å². The fourth-order valence-corrected chi connectivity index (χ4v) is 2.31. The molecule has 0 fully saturated rings. The van der Waals surface area contributed by atoms with E-state index in [1.54, 1.807) is 31.2 Å². The van der Waals surface area contributed by atoms with Crippen LogP contribution in [0.3, 0.4) is 0 Å². The van der Waals surface area contributed by atoms with Gasteiger partial charge in [-0.2, -0.15) is 0 Å². The summed E-state index contributed by atoms with van der Waals surface area (Å²) in [5.74, 6) is -0.200. The van der Waals surface area contributed by atoms with E-state index in [1.165, 1.54) is 6.07 Å². The molecule has 0 saturated carbocycles. The van der Waals surface area contributed by atoms with Crippen molar-refractivity contribution >= 4 is 22.9 Å². The molecule has 1 nitrogen and oxygen atoms in total. The summed E-state index contributed by atoms with van der Waals surface area (Å²) in [7, 11) is 0. The maximum absolute atomic E-state index is 13.2. The van der Waals surface area contributed by atoms with Gasteiger partial charge in [-0.25, -0.2) is 4.39 Å². The fourth-order valence-electron chi connectivity index (χ4n) is 2.01. The summed E-state index contributed by atoms with van der Waals surface area (Å²) in [6.07, 6.45) is 0.769. The van der Waals surface area contributed by atoms with E-state index in [0.717, 1.165) is 5.56 Å². The normalized spacial score (nSPS) is 10.3. The van der Waals surface area contributed by atoms with Gasteiger partial charge in [0.1, 0.15) is 5.82 Å². The fraction of sp³-hybridized carbons (Fsp3) is 0.176. The number of carbonyl (C=O) groups excluding carboxylic acids is 1. The summed E-state index contributed by atoms with van der Waals surface area (Å²) in [6, 6.07) is 14.0. The van der Waals surface area contributed by atoms with E-state index in [-0.39, 0.29) is 18.0 Å². The first-order valence-corrected chi connectivity index (χ1v) is 6.82. The van der Waals surface area contributed by atoms with Gasteiger partial charge in [0.15, 0.2) is 5.78 Å². The van der Waals surface area contributed by atoms with E-state index in [4.69, 9.17) is 12.2 Å². The molecule has 3 heteroatoms. The number of Topliss-reactive ketones (excluding diaryl/α,β-unsaturated/α-hetero) is 1. The lowest BCUT2D eigenvalue weighted by molar-refractivity contribution is 0.100. The van der Waals surface area contributed by atoms with Gasteiger partial charge in [-0.3, -0.25) is 4.79 Å². The molecule has 2 aromatic rings. The van der Waals surface area contributed by atoms with Gasteiger partial charge in [0, 0.05) is 23.3 Å². The molecule has 20 heavy (non-hydrogen) atoms. The molecule has 0 saturated heterocycles. The number of halogens is 1. The topological polar surface area (TPSA) is 17.1 Å². The summed E-state index contributed by atoms with van der Waals surface area (Å²) in [4.78, 5) is 12.7. The van der Waals surface area contributed by atoms with Crippen LogP contribution in [-0.4, -0.2) is 10.6 Å². The molecule has 0 N–H and O–H groups in total. The van der Waals surface area contributed by atoms with Gasteiger partial charge < -0.3 is 0 Å². The first-order valence-electron chi connectivity index (χ1n) is 6.41. The Labute approximate surface area is 123 Å². The summed E-state index contributed by atoms with van der Waals surface area (Å²) in [5, 5.41) is 0. The lowest BCUT2D eigenvalue weighted by atomic mass is 10.0. The Morgan fingerprint density at radius 3 is 2.50 bits per heavy atom. The first kappa shape index (κ1) is 14.5. The number of aryl methyl sites for hydroxylation is 1. The van der Waals surface area contributed by atoms with Crippen LogP contribution in [0, 0.1) is 12.7 Å². The molecular formula is C17H15FOS. The summed E-state index contributed by atoms with van der Waals surface area (Å²) in [6.45, 7) is 1.72. The van der Waals surface area contributed by atoms with E-state index in [2.05, 4.69) is 0 Å². The van der Waals surface area contributed by atoms with Crippen LogP contribution in [0.2, 0.25) is 0 Å². The molecule has 0 spiro atoms. The molecular weight excluding hydrogens is 271 g/mol. The minimum absolute atomic E-state index is 0.0226. The van der Waals surface area contributed by atoms with Gasteiger partial charge in [0.05, 0.1) is 0 Å². The second-order valence-electron chi connectivity index (χ2n) is 4.76. The van der Waals surface area contributed by atoms with Crippen molar-refractivity contribution in [2.45, 2.75) is 19.8 Å². The van der Waals surface area contributed by atoms with Crippen molar-refractivity contribution in [1.82, 2.24) is 0 Å². The number of benzene rings is 2. The maximum Gasteiger partial charge on any atom is 0.167 e. The third-order valence-electron chi connectivity index (χ3n) is 3.08. The predicted octanol–water partition coefficient (Wildman–Crippen LogP) is 4.32. The van der Waals surface area contributed by atoms with Crippen molar-refractivity contribution in [1.29, 1.82) is 0 Å². The Morgan fingerprint density at radius 2 is 1.85 bits per heavy atom. The van der Waals surface area contributed by atoms with Crippen LogP contribution in [0.1, 0.15) is 27.9 Å². The summed E-state index contributed by atoms with van der Waals surface area (Å²) in [5.41, 5.74) is 2.21. The Balaban J connectivity index is 1.99. The highest BCUT2D eigenvalue weighted by Crippen LogP contribution is 2.12. The molecule has 0 aromatic heterocycles. The number of ketones is 1. The highest BCUT2D eigenvalue weighted by atomic mass is 32.1. The first-order chi connectivity index (χ1) is 9.56. The van der Waals surface area contributed by atoms with E-state index < -0.39 is 0 Å². The van der Waals surface area contributed by atoms with Crippen molar-refractivity contribution in [2.24, 2.45) is 0 Å². The summed E-state index contributed by atoms with van der Waals surface area (Å²) >= 11 is 5.27. The minimum atomic E-state index is -0.222. The molecule has 0 aliphatic heterocycles. The van der Waals surface area contributed by atoms with E-state index in [9.17, 15) is 9.18 Å². The monoisotopic (exact) mass is 286 g/mol. The van der Waals surface area contributed by atoms with Crippen LogP contribution in [0.5, 0.6) is 0 Å². The lowest BCUT2D eigenvalue weighted by Gasteiger charge is -2.05. The second-order valence-corrected chi connectivity index (χ2v) is 5.34. The van der Waals surface area contributed by atoms with Gasteiger partial charge in [0.2, 0.25) is 0 Å². The Hall–Kier alpha value is -1.87. The Kier molecular flexibility index (Phi) is 4.74. The van der Waals surface area contributed by atoms with Crippen molar-refractivity contribution in [3.8, 4) is 0 Å². The van der Waals surface area contributed by atoms with Crippen LogP contribution < -0.4 is 0 Å².